The normalized spacial score (nSPS) is 18.1. The van der Waals surface area contributed by atoms with Crippen molar-refractivity contribution >= 4 is 24.1 Å². The van der Waals surface area contributed by atoms with Crippen LogP contribution in [-0.2, 0) is 21.5 Å². The number of amides is 3. The van der Waals surface area contributed by atoms with Crippen LogP contribution in [0.15, 0.2) is 47.5 Å². The Morgan fingerprint density at radius 3 is 2.22 bits per heavy atom. The van der Waals surface area contributed by atoms with Gasteiger partial charge >= 0.3 is 12.0 Å². The third-order valence-electron chi connectivity index (χ3n) is 7.95. The molecule has 1 aliphatic rings. The molecule has 0 heterocycles. The number of benzene rings is 2. The van der Waals surface area contributed by atoms with Crippen molar-refractivity contribution in [2.24, 2.45) is 15.8 Å². The largest absolute Gasteiger partial charge is 0.507 e. The predicted molar refractivity (Wildman–Crippen MR) is 182 cm³/mol. The summed E-state index contributed by atoms with van der Waals surface area (Å²) in [6, 6.07) is 11.5. The summed E-state index contributed by atoms with van der Waals surface area (Å²) in [5.74, 6) is -0.267. The fourth-order valence-corrected chi connectivity index (χ4v) is 5.29. The standard InChI is InChI=1S/C36H53N5O5/c1-34(2,3)28-27(46-32(44)36(7,8)9)20-19-24(29(28)42)22-37-25-17-13-14-18-26(25)39-33(45)41-40-30(35(4,5)6)31(43)38-21-23-15-11-10-12-16-23/h10-12,15-16,19-20,22,25-26,30,40,42H,13-14,17-18,21H2,1-9H3,(H,38,43)(H2,39,41,45)/t25-,26-,30+/m1/s1. The van der Waals surface area contributed by atoms with Gasteiger partial charge in [-0.05, 0) is 62.1 Å². The van der Waals surface area contributed by atoms with Crippen LogP contribution in [0.2, 0.25) is 0 Å². The summed E-state index contributed by atoms with van der Waals surface area (Å²) in [7, 11) is 0. The third kappa shape index (κ3) is 10.3. The van der Waals surface area contributed by atoms with Crippen molar-refractivity contribution in [1.29, 1.82) is 0 Å². The van der Waals surface area contributed by atoms with E-state index in [1.54, 1.807) is 39.1 Å². The number of ether oxygens (including phenoxy) is 1. The minimum absolute atomic E-state index is 0.0106. The number of hydrogen-bond acceptors (Lipinski definition) is 7. The van der Waals surface area contributed by atoms with Gasteiger partial charge in [-0.1, -0.05) is 84.7 Å². The minimum Gasteiger partial charge on any atom is -0.507 e. The molecule has 5 N–H and O–H groups in total. The van der Waals surface area contributed by atoms with E-state index in [0.29, 0.717) is 23.4 Å². The topological polar surface area (TPSA) is 141 Å². The number of hydrogen-bond donors (Lipinski definition) is 5. The molecule has 0 unspecified atom stereocenters. The Balaban J connectivity index is 1.69. The van der Waals surface area contributed by atoms with E-state index >= 15 is 0 Å². The van der Waals surface area contributed by atoms with E-state index in [-0.39, 0.29) is 29.7 Å². The van der Waals surface area contributed by atoms with Gasteiger partial charge in [0.15, 0.2) is 0 Å². The molecule has 0 saturated heterocycles. The van der Waals surface area contributed by atoms with Crippen molar-refractivity contribution in [1.82, 2.24) is 21.5 Å². The van der Waals surface area contributed by atoms with Gasteiger partial charge in [0.1, 0.15) is 17.5 Å². The maximum Gasteiger partial charge on any atom is 0.329 e. The van der Waals surface area contributed by atoms with E-state index in [0.717, 1.165) is 31.2 Å². The van der Waals surface area contributed by atoms with Gasteiger partial charge in [-0.25, -0.2) is 10.2 Å². The highest BCUT2D eigenvalue weighted by Crippen LogP contribution is 2.41. The molecule has 2 aromatic carbocycles. The molecule has 10 nitrogen and oxygen atoms in total. The van der Waals surface area contributed by atoms with E-state index in [9.17, 15) is 19.5 Å². The average Bonchev–Trinajstić information content (AvgIpc) is 2.95. The molecule has 46 heavy (non-hydrogen) atoms. The van der Waals surface area contributed by atoms with E-state index in [4.69, 9.17) is 9.73 Å². The lowest BCUT2D eigenvalue weighted by Gasteiger charge is -2.32. The number of nitrogens with one attached hydrogen (secondary N) is 4. The van der Waals surface area contributed by atoms with Gasteiger partial charge in [0.05, 0.1) is 17.5 Å². The van der Waals surface area contributed by atoms with E-state index in [2.05, 4.69) is 21.5 Å². The Kier molecular flexibility index (Phi) is 12.0. The van der Waals surface area contributed by atoms with Gasteiger partial charge in [0.2, 0.25) is 5.91 Å². The molecule has 0 radical (unpaired) electrons. The molecule has 0 spiro atoms. The Hall–Kier alpha value is -3.92. The van der Waals surface area contributed by atoms with Gasteiger partial charge in [-0.15, -0.1) is 0 Å². The molecule has 0 aliphatic heterocycles. The predicted octanol–water partition coefficient (Wildman–Crippen LogP) is 5.91. The summed E-state index contributed by atoms with van der Waals surface area (Å²) in [5, 5.41) is 17.3. The second-order valence-electron chi connectivity index (χ2n) is 15.2. The number of nitrogens with zero attached hydrogens (tertiary/aromatic N) is 1. The first-order valence-electron chi connectivity index (χ1n) is 16.1. The summed E-state index contributed by atoms with van der Waals surface area (Å²) in [4.78, 5) is 43.5. The van der Waals surface area contributed by atoms with Crippen LogP contribution < -0.4 is 26.2 Å². The molecule has 3 amide bonds. The molecule has 3 atom stereocenters. The van der Waals surface area contributed by atoms with Crippen molar-refractivity contribution in [2.75, 3.05) is 0 Å². The fraction of sp³-hybridized carbons (Fsp3) is 0.556. The number of aliphatic imine (C=N–C) groups is 1. The first kappa shape index (κ1) is 36.5. The molecule has 1 saturated carbocycles. The number of phenolic OH excluding ortho intramolecular Hbond substituents is 1. The maximum absolute atomic E-state index is 13.1. The second-order valence-corrected chi connectivity index (χ2v) is 15.2. The maximum atomic E-state index is 13.1. The van der Waals surface area contributed by atoms with Gasteiger partial charge in [-0.3, -0.25) is 20.0 Å². The summed E-state index contributed by atoms with van der Waals surface area (Å²) < 4.78 is 5.71. The van der Waals surface area contributed by atoms with Crippen LogP contribution in [0.1, 0.15) is 105 Å². The molecular weight excluding hydrogens is 582 g/mol. The quantitative estimate of drug-likeness (QED) is 0.100. The van der Waals surface area contributed by atoms with Crippen molar-refractivity contribution in [3.05, 3.63) is 59.2 Å². The molecule has 1 aliphatic carbocycles. The van der Waals surface area contributed by atoms with Gasteiger partial charge in [0.25, 0.3) is 0 Å². The number of carbonyl (C=O) groups excluding carboxylic acids is 3. The van der Waals surface area contributed by atoms with Gasteiger partial charge in [-0.2, -0.15) is 0 Å². The summed E-state index contributed by atoms with van der Waals surface area (Å²) in [6.07, 6.45) is 5.07. The molecule has 2 aromatic rings. The van der Waals surface area contributed by atoms with Crippen LogP contribution in [0, 0.1) is 10.8 Å². The minimum atomic E-state index is -0.696. The lowest BCUT2D eigenvalue weighted by molar-refractivity contribution is -0.143. The Labute approximate surface area is 274 Å². The van der Waals surface area contributed by atoms with Crippen LogP contribution >= 0.6 is 0 Å². The van der Waals surface area contributed by atoms with Crippen molar-refractivity contribution < 1.29 is 24.2 Å². The molecular formula is C36H53N5O5. The lowest BCUT2D eigenvalue weighted by Crippen LogP contribution is -2.60. The summed E-state index contributed by atoms with van der Waals surface area (Å²) in [5.41, 5.74) is 5.95. The highest BCUT2D eigenvalue weighted by molar-refractivity contribution is 5.86. The number of hydrazine groups is 1. The molecule has 252 valence electrons. The number of urea groups is 1. The number of aromatic hydroxyl groups is 1. The van der Waals surface area contributed by atoms with Crippen LogP contribution in [0.3, 0.4) is 0 Å². The SMILES string of the molecule is CC(C)(C)C(=O)Oc1ccc(C=N[C@@H]2CCCC[C@H]2NC(=O)NN[C@@H](C(=O)NCc2ccccc2)C(C)(C)C)c(O)c1C(C)(C)C. The number of rotatable bonds is 9. The van der Waals surface area contributed by atoms with Crippen molar-refractivity contribution in [3.8, 4) is 11.5 Å². The number of phenols is 1. The van der Waals surface area contributed by atoms with Crippen molar-refractivity contribution in [2.45, 2.75) is 118 Å². The smallest absolute Gasteiger partial charge is 0.329 e. The molecule has 1 fully saturated rings. The highest BCUT2D eigenvalue weighted by atomic mass is 16.5. The molecule has 0 aromatic heterocycles. The van der Waals surface area contributed by atoms with Crippen LogP contribution in [0.5, 0.6) is 11.5 Å². The number of esters is 1. The van der Waals surface area contributed by atoms with Crippen LogP contribution in [0.4, 0.5) is 4.79 Å². The monoisotopic (exact) mass is 635 g/mol. The lowest BCUT2D eigenvalue weighted by atomic mass is 9.84. The number of carbonyl (C=O) groups is 3. The zero-order valence-electron chi connectivity index (χ0n) is 28.9. The van der Waals surface area contributed by atoms with E-state index in [1.165, 1.54) is 0 Å². The highest BCUT2D eigenvalue weighted by Gasteiger charge is 2.33. The van der Waals surface area contributed by atoms with E-state index in [1.807, 2.05) is 71.9 Å². The summed E-state index contributed by atoms with van der Waals surface area (Å²) in [6.45, 7) is 17.4. The van der Waals surface area contributed by atoms with Crippen LogP contribution in [0.25, 0.3) is 0 Å². The first-order valence-corrected chi connectivity index (χ1v) is 16.1. The Morgan fingerprint density at radius 1 is 0.957 bits per heavy atom. The molecule has 3 rings (SSSR count). The Morgan fingerprint density at radius 2 is 1.61 bits per heavy atom. The van der Waals surface area contributed by atoms with Crippen LogP contribution in [-0.4, -0.2) is 47.4 Å². The van der Waals surface area contributed by atoms with Gasteiger partial charge < -0.3 is 20.5 Å². The third-order valence-corrected chi connectivity index (χ3v) is 7.95. The first-order chi connectivity index (χ1) is 21.4. The summed E-state index contributed by atoms with van der Waals surface area (Å²) >= 11 is 0. The molecule has 10 heteroatoms. The average molecular weight is 636 g/mol. The zero-order valence-corrected chi connectivity index (χ0v) is 28.9. The van der Waals surface area contributed by atoms with Gasteiger partial charge in [0, 0.05) is 23.9 Å². The fourth-order valence-electron chi connectivity index (χ4n) is 5.29. The zero-order chi connectivity index (χ0) is 34.3. The molecule has 0 bridgehead atoms. The Bertz CT molecular complexity index is 1390. The second kappa shape index (κ2) is 15.1. The van der Waals surface area contributed by atoms with E-state index < -0.39 is 28.3 Å². The van der Waals surface area contributed by atoms with Crippen molar-refractivity contribution in [3.63, 3.8) is 0 Å².